The third-order valence-electron chi connectivity index (χ3n) is 5.10. The second-order valence-corrected chi connectivity index (χ2v) is 9.77. The lowest BCUT2D eigenvalue weighted by Gasteiger charge is -2.27. The highest BCUT2D eigenvalue weighted by molar-refractivity contribution is 8.10. The smallest absolute Gasteiger partial charge is 0.155 e. The number of nitriles is 1. The van der Waals surface area contributed by atoms with E-state index in [1.807, 2.05) is 16.7 Å². The number of methoxy groups -OCH3 is 1. The number of pyridine rings is 1. The molecule has 4 rings (SSSR count). The zero-order valence-electron chi connectivity index (χ0n) is 16.1. The highest BCUT2D eigenvalue weighted by atomic mass is 32.2. The Hall–Kier alpha value is -2.28. The van der Waals surface area contributed by atoms with Crippen molar-refractivity contribution in [1.29, 1.82) is 5.26 Å². The SMILES string of the molecule is COCC[S@@](=O)CSc1nc(-c2cnc3cnccn23)cc(C2CCC2)c1C#N. The molecule has 29 heavy (non-hydrogen) atoms. The molecule has 3 aromatic heterocycles. The monoisotopic (exact) mass is 427 g/mol. The number of imidazole rings is 1. The number of hydrogen-bond donors (Lipinski definition) is 0. The second-order valence-electron chi connectivity index (χ2n) is 6.86. The van der Waals surface area contributed by atoms with Crippen molar-refractivity contribution >= 4 is 28.2 Å². The van der Waals surface area contributed by atoms with Crippen LogP contribution in [0.1, 0.15) is 36.3 Å². The van der Waals surface area contributed by atoms with E-state index in [9.17, 15) is 9.47 Å². The molecule has 1 fully saturated rings. The van der Waals surface area contributed by atoms with Crippen LogP contribution in [-0.4, -0.2) is 48.1 Å². The van der Waals surface area contributed by atoms with E-state index in [0.717, 1.165) is 35.4 Å². The number of thioether (sulfide) groups is 1. The Labute approximate surface area is 176 Å². The highest BCUT2D eigenvalue weighted by Gasteiger charge is 2.26. The van der Waals surface area contributed by atoms with Gasteiger partial charge < -0.3 is 4.74 Å². The van der Waals surface area contributed by atoms with E-state index in [1.165, 1.54) is 18.2 Å². The summed E-state index contributed by atoms with van der Waals surface area (Å²) in [4.78, 5) is 13.3. The van der Waals surface area contributed by atoms with Crippen molar-refractivity contribution in [2.75, 3.05) is 24.6 Å². The zero-order valence-corrected chi connectivity index (χ0v) is 17.7. The molecule has 0 saturated heterocycles. The van der Waals surface area contributed by atoms with Crippen LogP contribution in [0.25, 0.3) is 17.0 Å². The van der Waals surface area contributed by atoms with Gasteiger partial charge in [-0.05, 0) is 30.4 Å². The minimum atomic E-state index is -1.04. The molecule has 3 heterocycles. The lowest BCUT2D eigenvalue weighted by Crippen LogP contribution is -2.13. The molecule has 7 nitrogen and oxygen atoms in total. The van der Waals surface area contributed by atoms with Crippen LogP contribution in [0.5, 0.6) is 0 Å². The topological polar surface area (TPSA) is 93.2 Å². The predicted molar refractivity (Wildman–Crippen MR) is 113 cm³/mol. The molecule has 0 N–H and O–H groups in total. The van der Waals surface area contributed by atoms with Crippen molar-refractivity contribution in [3.63, 3.8) is 0 Å². The molecule has 0 aliphatic heterocycles. The number of fused-ring (bicyclic) bond motifs is 1. The van der Waals surface area contributed by atoms with E-state index in [4.69, 9.17) is 9.72 Å². The first-order valence-corrected chi connectivity index (χ1v) is 11.9. The van der Waals surface area contributed by atoms with Crippen LogP contribution in [0.15, 0.2) is 35.9 Å². The van der Waals surface area contributed by atoms with Gasteiger partial charge in [0.05, 0.1) is 41.0 Å². The van der Waals surface area contributed by atoms with E-state index in [0.29, 0.717) is 34.0 Å². The summed E-state index contributed by atoms with van der Waals surface area (Å²) in [6, 6.07) is 4.38. The summed E-state index contributed by atoms with van der Waals surface area (Å²) in [5.74, 6) is 0.853. The Kier molecular flexibility index (Phi) is 6.23. The molecule has 0 aromatic carbocycles. The van der Waals surface area contributed by atoms with Gasteiger partial charge in [-0.15, -0.1) is 0 Å². The van der Waals surface area contributed by atoms with E-state index in [2.05, 4.69) is 16.0 Å². The fourth-order valence-corrected chi connectivity index (χ4v) is 5.59. The van der Waals surface area contributed by atoms with Gasteiger partial charge in [0, 0.05) is 36.1 Å². The summed E-state index contributed by atoms with van der Waals surface area (Å²) < 4.78 is 19.2. The van der Waals surface area contributed by atoms with Gasteiger partial charge in [0.2, 0.25) is 0 Å². The molecular weight excluding hydrogens is 406 g/mol. The highest BCUT2D eigenvalue weighted by Crippen LogP contribution is 2.41. The van der Waals surface area contributed by atoms with Crippen molar-refractivity contribution in [2.24, 2.45) is 0 Å². The first kappa shape index (κ1) is 20.0. The van der Waals surface area contributed by atoms with Crippen molar-refractivity contribution in [3.8, 4) is 17.5 Å². The molecule has 1 saturated carbocycles. The van der Waals surface area contributed by atoms with Gasteiger partial charge in [-0.3, -0.25) is 13.6 Å². The number of rotatable bonds is 8. The summed E-state index contributed by atoms with van der Waals surface area (Å²) in [6.07, 6.45) is 10.4. The minimum absolute atomic E-state index is 0.380. The Morgan fingerprint density at radius 1 is 1.41 bits per heavy atom. The number of hydrogen-bond acceptors (Lipinski definition) is 7. The molecule has 1 aliphatic rings. The van der Waals surface area contributed by atoms with E-state index in [-0.39, 0.29) is 0 Å². The number of aromatic nitrogens is 4. The predicted octanol–water partition coefficient (Wildman–Crippen LogP) is 3.38. The first-order chi connectivity index (χ1) is 14.2. The Morgan fingerprint density at radius 2 is 2.28 bits per heavy atom. The van der Waals surface area contributed by atoms with Gasteiger partial charge in [0.1, 0.15) is 11.1 Å². The zero-order chi connectivity index (χ0) is 20.2. The second kappa shape index (κ2) is 9.03. The maximum Gasteiger partial charge on any atom is 0.155 e. The Balaban J connectivity index is 1.74. The summed E-state index contributed by atoms with van der Waals surface area (Å²) in [7, 11) is 0.558. The molecule has 150 valence electrons. The van der Waals surface area contributed by atoms with Crippen LogP contribution < -0.4 is 0 Å². The van der Waals surface area contributed by atoms with Crippen LogP contribution >= 0.6 is 11.8 Å². The van der Waals surface area contributed by atoms with Crippen LogP contribution in [-0.2, 0) is 15.5 Å². The van der Waals surface area contributed by atoms with Crippen molar-refractivity contribution < 1.29 is 8.95 Å². The lowest BCUT2D eigenvalue weighted by molar-refractivity contribution is 0.218. The molecule has 3 aromatic rings. The molecule has 1 aliphatic carbocycles. The summed E-state index contributed by atoms with van der Waals surface area (Å²) >= 11 is 1.38. The summed E-state index contributed by atoms with van der Waals surface area (Å²) in [5, 5.41) is 10.9. The maximum absolute atomic E-state index is 12.2. The minimum Gasteiger partial charge on any atom is -0.384 e. The van der Waals surface area contributed by atoms with Crippen LogP contribution in [0.3, 0.4) is 0 Å². The third-order valence-corrected chi connectivity index (χ3v) is 7.81. The molecule has 0 spiro atoms. The molecule has 0 amide bonds. The van der Waals surface area contributed by atoms with E-state index < -0.39 is 10.8 Å². The number of ether oxygens (including phenoxy) is 1. The number of nitrogens with zero attached hydrogens (tertiary/aromatic N) is 5. The molecular formula is C20H21N5O2S2. The van der Waals surface area contributed by atoms with E-state index >= 15 is 0 Å². The fraction of sp³-hybridized carbons (Fsp3) is 0.400. The Morgan fingerprint density at radius 3 is 3.00 bits per heavy atom. The lowest BCUT2D eigenvalue weighted by atomic mass is 9.78. The molecule has 0 bridgehead atoms. The van der Waals surface area contributed by atoms with Crippen LogP contribution in [0.4, 0.5) is 0 Å². The van der Waals surface area contributed by atoms with Crippen molar-refractivity contribution in [1.82, 2.24) is 19.4 Å². The largest absolute Gasteiger partial charge is 0.384 e. The van der Waals surface area contributed by atoms with Gasteiger partial charge in [-0.2, -0.15) is 5.26 Å². The Bertz CT molecular complexity index is 1090. The summed E-state index contributed by atoms with van der Waals surface area (Å²) in [6.45, 7) is 0.453. The van der Waals surface area contributed by atoms with Gasteiger partial charge in [-0.1, -0.05) is 18.2 Å². The van der Waals surface area contributed by atoms with Crippen molar-refractivity contribution in [3.05, 3.63) is 42.0 Å². The summed E-state index contributed by atoms with van der Waals surface area (Å²) in [5.41, 5.74) is 4.03. The standard InChI is InChI=1S/C20H21N5O2S2/c1-27-7-8-29(26)13-28-20-16(10-21)15(14-3-2-4-14)9-17(24-20)18-11-23-19-12-22-5-6-25(18)19/h5-6,9,11-12,14H,2-4,7-8,13H2,1H3/t29-/m1/s1. The normalized spacial score (nSPS) is 15.2. The van der Waals surface area contributed by atoms with Crippen LogP contribution in [0.2, 0.25) is 0 Å². The molecule has 1 atom stereocenters. The molecule has 0 unspecified atom stereocenters. The average molecular weight is 428 g/mol. The third kappa shape index (κ3) is 4.20. The molecule has 0 radical (unpaired) electrons. The van der Waals surface area contributed by atoms with Gasteiger partial charge in [0.15, 0.2) is 5.65 Å². The average Bonchev–Trinajstić information content (AvgIpc) is 3.13. The van der Waals surface area contributed by atoms with Gasteiger partial charge in [0.25, 0.3) is 0 Å². The molecule has 9 heteroatoms. The maximum atomic E-state index is 12.2. The first-order valence-electron chi connectivity index (χ1n) is 9.40. The van der Waals surface area contributed by atoms with Gasteiger partial charge in [-0.25, -0.2) is 9.97 Å². The quantitative estimate of drug-likeness (QED) is 0.509. The van der Waals surface area contributed by atoms with Crippen LogP contribution in [0, 0.1) is 11.3 Å². The fourth-order valence-electron chi connectivity index (χ4n) is 3.32. The van der Waals surface area contributed by atoms with Gasteiger partial charge >= 0.3 is 0 Å². The van der Waals surface area contributed by atoms with Crippen molar-refractivity contribution in [2.45, 2.75) is 30.2 Å². The van der Waals surface area contributed by atoms with E-state index in [1.54, 1.807) is 25.7 Å².